The molecular formula is C3H2F6NO4S2-. The SMILES string of the molecule is O=S(=O)(C[N-]S(=O)(=O)C(F)(F)F)C(F)(F)F. The average molecular weight is 294 g/mol. The molecule has 0 rings (SSSR count). The third-order valence-corrected chi connectivity index (χ3v) is 3.43. The average Bonchev–Trinajstić information content (AvgIpc) is 1.97. The van der Waals surface area contributed by atoms with E-state index >= 15 is 0 Å². The van der Waals surface area contributed by atoms with Crippen molar-refractivity contribution in [2.24, 2.45) is 0 Å². The Morgan fingerprint density at radius 2 is 1.19 bits per heavy atom. The number of hydrogen-bond donors (Lipinski definition) is 0. The van der Waals surface area contributed by atoms with E-state index in [-0.39, 0.29) is 0 Å². The topological polar surface area (TPSA) is 82.4 Å². The summed E-state index contributed by atoms with van der Waals surface area (Å²) in [6.45, 7) is 0. The summed E-state index contributed by atoms with van der Waals surface area (Å²) < 4.78 is 111. The standard InChI is InChI=1S/C3H2F6NO4S2/c4-2(5,6)15(11,12)1-10-16(13,14)3(7,8)9/h1H2/q-1. The van der Waals surface area contributed by atoms with E-state index in [0.29, 0.717) is 0 Å². The molecule has 0 N–H and O–H groups in total. The van der Waals surface area contributed by atoms with Crippen LogP contribution in [0.5, 0.6) is 0 Å². The number of halogens is 6. The second-order valence-corrected chi connectivity index (χ2v) is 5.86. The van der Waals surface area contributed by atoms with E-state index in [1.165, 1.54) is 4.72 Å². The lowest BCUT2D eigenvalue weighted by molar-refractivity contribution is -0.0446. The molecule has 0 unspecified atom stereocenters. The van der Waals surface area contributed by atoms with E-state index in [9.17, 15) is 43.2 Å². The Hall–Kier alpha value is -0.560. The van der Waals surface area contributed by atoms with Gasteiger partial charge < -0.3 is 4.72 Å². The fraction of sp³-hybridized carbons (Fsp3) is 1.00. The van der Waals surface area contributed by atoms with Gasteiger partial charge in [-0.25, -0.2) is 16.8 Å². The number of hydrogen-bond acceptors (Lipinski definition) is 4. The van der Waals surface area contributed by atoms with Crippen LogP contribution in [0.15, 0.2) is 0 Å². The van der Waals surface area contributed by atoms with Crippen molar-refractivity contribution in [1.82, 2.24) is 0 Å². The number of alkyl halides is 6. The molecule has 0 bridgehead atoms. The summed E-state index contributed by atoms with van der Waals surface area (Å²) in [5.41, 5.74) is -11.8. The second-order valence-electron chi connectivity index (χ2n) is 2.24. The Balaban J connectivity index is 4.88. The molecule has 98 valence electrons. The molecule has 0 saturated carbocycles. The van der Waals surface area contributed by atoms with Gasteiger partial charge in [0, 0.05) is 0 Å². The number of sulfonamides is 1. The van der Waals surface area contributed by atoms with Crippen molar-refractivity contribution in [3.05, 3.63) is 4.72 Å². The maximum absolute atomic E-state index is 11.6. The van der Waals surface area contributed by atoms with E-state index in [1.54, 1.807) is 0 Å². The zero-order valence-corrected chi connectivity index (χ0v) is 8.50. The van der Waals surface area contributed by atoms with Crippen LogP contribution >= 0.6 is 0 Å². The van der Waals surface area contributed by atoms with Gasteiger partial charge in [0.05, 0.1) is 0 Å². The second kappa shape index (κ2) is 4.03. The van der Waals surface area contributed by atoms with E-state index in [4.69, 9.17) is 0 Å². The number of nitrogens with zero attached hydrogens (tertiary/aromatic N) is 1. The van der Waals surface area contributed by atoms with Gasteiger partial charge in [-0.1, -0.05) is 0 Å². The fourth-order valence-electron chi connectivity index (χ4n) is 0.285. The van der Waals surface area contributed by atoms with Crippen molar-refractivity contribution >= 4 is 19.9 Å². The number of sulfone groups is 1. The Labute approximate surface area is 85.4 Å². The molecule has 0 aliphatic heterocycles. The van der Waals surface area contributed by atoms with Gasteiger partial charge in [0.25, 0.3) is 0 Å². The van der Waals surface area contributed by atoms with Gasteiger partial charge in [-0.15, -0.1) is 0 Å². The van der Waals surface area contributed by atoms with Gasteiger partial charge in [0.1, 0.15) is 0 Å². The summed E-state index contributed by atoms with van der Waals surface area (Å²) in [6, 6.07) is 0. The van der Waals surface area contributed by atoms with Crippen molar-refractivity contribution in [3.63, 3.8) is 0 Å². The van der Waals surface area contributed by atoms with E-state index < -0.39 is 36.8 Å². The van der Waals surface area contributed by atoms with Crippen molar-refractivity contribution in [1.29, 1.82) is 0 Å². The molecule has 0 aromatic heterocycles. The highest BCUT2D eigenvalue weighted by molar-refractivity contribution is 7.97. The summed E-state index contributed by atoms with van der Waals surface area (Å²) in [5.74, 6) is -2.53. The minimum Gasteiger partial charge on any atom is -0.528 e. The lowest BCUT2D eigenvalue weighted by atomic mass is 11.5. The minimum atomic E-state index is -6.25. The van der Waals surface area contributed by atoms with Crippen LogP contribution in [0.3, 0.4) is 0 Å². The molecule has 0 saturated heterocycles. The molecule has 0 aromatic rings. The zero-order valence-electron chi connectivity index (χ0n) is 6.87. The van der Waals surface area contributed by atoms with Crippen LogP contribution in [0.1, 0.15) is 0 Å². The predicted octanol–water partition coefficient (Wildman–Crippen LogP) is 1.10. The Morgan fingerprint density at radius 3 is 1.44 bits per heavy atom. The first-order chi connectivity index (χ1) is 6.71. The molecule has 0 radical (unpaired) electrons. The van der Waals surface area contributed by atoms with Crippen LogP contribution < -0.4 is 0 Å². The fourth-order valence-corrected chi connectivity index (χ4v) is 1.69. The summed E-state index contributed by atoms with van der Waals surface area (Å²) in [4.78, 5) is 0. The minimum absolute atomic E-state index is 1.50. The Kier molecular flexibility index (Phi) is 3.89. The Morgan fingerprint density at radius 1 is 0.812 bits per heavy atom. The van der Waals surface area contributed by atoms with E-state index in [1.807, 2.05) is 0 Å². The summed E-state index contributed by atoms with van der Waals surface area (Å²) >= 11 is 0. The summed E-state index contributed by atoms with van der Waals surface area (Å²) in [6.07, 6.45) is 0. The molecular weight excluding hydrogens is 292 g/mol. The van der Waals surface area contributed by atoms with E-state index in [0.717, 1.165) is 0 Å². The van der Waals surface area contributed by atoms with Crippen molar-refractivity contribution < 1.29 is 43.2 Å². The number of rotatable bonds is 3. The first kappa shape index (κ1) is 15.4. The van der Waals surface area contributed by atoms with Gasteiger partial charge in [0.15, 0.2) is 10.0 Å². The van der Waals surface area contributed by atoms with Crippen LogP contribution in [-0.4, -0.2) is 33.7 Å². The molecule has 0 amide bonds. The van der Waals surface area contributed by atoms with Gasteiger partial charge in [-0.05, 0) is 5.88 Å². The van der Waals surface area contributed by atoms with Crippen LogP contribution in [0.4, 0.5) is 26.3 Å². The lowest BCUT2D eigenvalue weighted by Gasteiger charge is -2.21. The van der Waals surface area contributed by atoms with Crippen LogP contribution in [-0.2, 0) is 19.9 Å². The van der Waals surface area contributed by atoms with Crippen molar-refractivity contribution in [2.45, 2.75) is 11.0 Å². The largest absolute Gasteiger partial charge is 0.528 e. The lowest BCUT2D eigenvalue weighted by Crippen LogP contribution is -2.29. The zero-order chi connectivity index (χ0) is 13.4. The summed E-state index contributed by atoms with van der Waals surface area (Å²) in [5, 5.41) is 0. The van der Waals surface area contributed by atoms with Gasteiger partial charge in [-0.2, -0.15) is 26.3 Å². The summed E-state index contributed by atoms with van der Waals surface area (Å²) in [7, 11) is -12.3. The van der Waals surface area contributed by atoms with Gasteiger partial charge in [0.2, 0.25) is 9.84 Å². The van der Waals surface area contributed by atoms with E-state index in [2.05, 4.69) is 0 Å². The third kappa shape index (κ3) is 3.48. The highest BCUT2D eigenvalue weighted by atomic mass is 32.2. The maximum Gasteiger partial charge on any atom is 0.495 e. The normalized spacial score (nSPS) is 15.1. The molecule has 0 aliphatic carbocycles. The predicted molar refractivity (Wildman–Crippen MR) is 38.2 cm³/mol. The highest BCUT2D eigenvalue weighted by Crippen LogP contribution is 2.31. The van der Waals surface area contributed by atoms with Gasteiger partial charge in [-0.3, -0.25) is 0 Å². The quantitative estimate of drug-likeness (QED) is 0.730. The Bertz CT molecular complexity index is 399. The first-order valence-corrected chi connectivity index (χ1v) is 6.09. The molecule has 16 heavy (non-hydrogen) atoms. The van der Waals surface area contributed by atoms with Crippen LogP contribution in [0.2, 0.25) is 0 Å². The molecule has 0 heterocycles. The highest BCUT2D eigenvalue weighted by Gasteiger charge is 2.45. The maximum atomic E-state index is 11.6. The monoisotopic (exact) mass is 294 g/mol. The third-order valence-electron chi connectivity index (χ3n) is 1.04. The molecule has 0 fully saturated rings. The van der Waals surface area contributed by atoms with Crippen LogP contribution in [0, 0.1) is 0 Å². The molecule has 0 spiro atoms. The smallest absolute Gasteiger partial charge is 0.495 e. The van der Waals surface area contributed by atoms with Crippen LogP contribution in [0.25, 0.3) is 4.72 Å². The molecule has 13 heteroatoms. The first-order valence-electron chi connectivity index (χ1n) is 3.00. The van der Waals surface area contributed by atoms with Crippen molar-refractivity contribution in [3.8, 4) is 0 Å². The molecule has 0 aliphatic rings. The van der Waals surface area contributed by atoms with Crippen molar-refractivity contribution in [2.75, 3.05) is 5.88 Å². The molecule has 0 aromatic carbocycles. The molecule has 0 atom stereocenters. The molecule has 5 nitrogen and oxygen atoms in total. The van der Waals surface area contributed by atoms with Gasteiger partial charge >= 0.3 is 11.0 Å².